The van der Waals surface area contributed by atoms with Crippen LogP contribution in [0.5, 0.6) is 5.75 Å². The van der Waals surface area contributed by atoms with Gasteiger partial charge < -0.3 is 10.1 Å². The van der Waals surface area contributed by atoms with E-state index in [9.17, 15) is 0 Å². The van der Waals surface area contributed by atoms with E-state index in [2.05, 4.69) is 41.6 Å². The van der Waals surface area contributed by atoms with E-state index in [1.54, 1.807) is 0 Å². The molecular weight excluding hydrogens is 262 g/mol. The standard InChI is InChI=1S/C17H23N3O/c1-4-13-10-14(20(3)19-13)11-21-15-6-7-16-12(9-15)5-8-17(16)18-2/h6-7,9-10,17-18H,4-5,8,11H2,1-3H3. The molecule has 1 aromatic carbocycles. The van der Waals surface area contributed by atoms with Gasteiger partial charge in [-0.15, -0.1) is 0 Å². The van der Waals surface area contributed by atoms with Crippen LogP contribution < -0.4 is 10.1 Å². The van der Waals surface area contributed by atoms with Crippen molar-refractivity contribution < 1.29 is 4.74 Å². The van der Waals surface area contributed by atoms with Crippen molar-refractivity contribution in [3.05, 3.63) is 46.8 Å². The molecule has 1 N–H and O–H groups in total. The third-order valence-corrected chi connectivity index (χ3v) is 4.32. The Bertz CT molecular complexity index is 633. The van der Waals surface area contributed by atoms with Gasteiger partial charge in [0.25, 0.3) is 0 Å². The predicted octanol–water partition coefficient (Wildman–Crippen LogP) is 2.77. The summed E-state index contributed by atoms with van der Waals surface area (Å²) in [7, 11) is 4.00. The van der Waals surface area contributed by atoms with Crippen molar-refractivity contribution in [2.75, 3.05) is 7.05 Å². The van der Waals surface area contributed by atoms with Crippen molar-refractivity contribution in [3.63, 3.8) is 0 Å². The Labute approximate surface area is 126 Å². The zero-order valence-electron chi connectivity index (χ0n) is 13.0. The number of fused-ring (bicyclic) bond motifs is 1. The fraction of sp³-hybridized carbons (Fsp3) is 0.471. The number of hydrogen-bond acceptors (Lipinski definition) is 3. The second-order valence-electron chi connectivity index (χ2n) is 5.63. The Morgan fingerprint density at radius 2 is 2.24 bits per heavy atom. The highest BCUT2D eigenvalue weighted by atomic mass is 16.5. The Balaban J connectivity index is 1.70. The molecule has 1 unspecified atom stereocenters. The predicted molar refractivity (Wildman–Crippen MR) is 83.5 cm³/mol. The molecule has 0 saturated heterocycles. The van der Waals surface area contributed by atoms with Crippen LogP contribution in [-0.2, 0) is 26.5 Å². The molecule has 0 saturated carbocycles. The Hall–Kier alpha value is -1.81. The van der Waals surface area contributed by atoms with E-state index in [0.717, 1.165) is 30.0 Å². The number of ether oxygens (including phenoxy) is 1. The average Bonchev–Trinajstić information content (AvgIpc) is 3.07. The Kier molecular flexibility index (Phi) is 3.97. The Morgan fingerprint density at radius 1 is 1.38 bits per heavy atom. The van der Waals surface area contributed by atoms with Gasteiger partial charge >= 0.3 is 0 Å². The molecule has 4 heteroatoms. The maximum Gasteiger partial charge on any atom is 0.130 e. The number of rotatable bonds is 5. The van der Waals surface area contributed by atoms with Crippen LogP contribution in [0.25, 0.3) is 0 Å². The van der Waals surface area contributed by atoms with Crippen LogP contribution in [0.1, 0.15) is 41.9 Å². The summed E-state index contributed by atoms with van der Waals surface area (Å²) in [5, 5.41) is 7.81. The number of benzene rings is 1. The summed E-state index contributed by atoms with van der Waals surface area (Å²) < 4.78 is 7.85. The third kappa shape index (κ3) is 2.81. The highest BCUT2D eigenvalue weighted by Crippen LogP contribution is 2.33. The monoisotopic (exact) mass is 285 g/mol. The van der Waals surface area contributed by atoms with Crippen molar-refractivity contribution in [3.8, 4) is 5.75 Å². The summed E-state index contributed by atoms with van der Waals surface area (Å²) in [5.41, 5.74) is 5.05. The summed E-state index contributed by atoms with van der Waals surface area (Å²) in [6.07, 6.45) is 3.26. The van der Waals surface area contributed by atoms with Crippen LogP contribution in [0.2, 0.25) is 0 Å². The maximum absolute atomic E-state index is 5.94. The van der Waals surface area contributed by atoms with Gasteiger partial charge in [0.05, 0.1) is 11.4 Å². The quantitative estimate of drug-likeness (QED) is 0.918. The van der Waals surface area contributed by atoms with Gasteiger partial charge in [-0.05, 0) is 55.6 Å². The van der Waals surface area contributed by atoms with Crippen LogP contribution in [0.15, 0.2) is 24.3 Å². The highest BCUT2D eigenvalue weighted by Gasteiger charge is 2.21. The van der Waals surface area contributed by atoms with Gasteiger partial charge in [0.1, 0.15) is 12.4 Å². The minimum absolute atomic E-state index is 0.498. The van der Waals surface area contributed by atoms with Crippen molar-refractivity contribution in [1.82, 2.24) is 15.1 Å². The first-order chi connectivity index (χ1) is 10.2. The zero-order valence-corrected chi connectivity index (χ0v) is 13.0. The van der Waals surface area contributed by atoms with Crippen LogP contribution in [0.3, 0.4) is 0 Å². The SMILES string of the molecule is CCc1cc(COc2ccc3c(c2)CCC3NC)n(C)n1. The van der Waals surface area contributed by atoms with Gasteiger partial charge in [0, 0.05) is 13.1 Å². The molecule has 0 radical (unpaired) electrons. The summed E-state index contributed by atoms with van der Waals surface area (Å²) in [6.45, 7) is 2.68. The second kappa shape index (κ2) is 5.90. The first-order valence-electron chi connectivity index (χ1n) is 7.66. The molecule has 1 atom stereocenters. The van der Waals surface area contributed by atoms with Crippen molar-refractivity contribution >= 4 is 0 Å². The van der Waals surface area contributed by atoms with Gasteiger partial charge in [0.2, 0.25) is 0 Å². The first-order valence-corrected chi connectivity index (χ1v) is 7.66. The van der Waals surface area contributed by atoms with Crippen LogP contribution in [-0.4, -0.2) is 16.8 Å². The van der Waals surface area contributed by atoms with E-state index in [4.69, 9.17) is 4.74 Å². The van der Waals surface area contributed by atoms with E-state index in [1.807, 2.05) is 18.8 Å². The summed E-state index contributed by atoms with van der Waals surface area (Å²) in [4.78, 5) is 0. The summed E-state index contributed by atoms with van der Waals surface area (Å²) in [6, 6.07) is 9.07. The van der Waals surface area contributed by atoms with E-state index in [-0.39, 0.29) is 0 Å². The van der Waals surface area contributed by atoms with Crippen LogP contribution >= 0.6 is 0 Å². The number of nitrogens with zero attached hydrogens (tertiary/aromatic N) is 2. The van der Waals surface area contributed by atoms with Crippen LogP contribution in [0, 0.1) is 0 Å². The van der Waals surface area contributed by atoms with E-state index < -0.39 is 0 Å². The molecule has 0 bridgehead atoms. The molecule has 1 aliphatic carbocycles. The van der Waals surface area contributed by atoms with Crippen molar-refractivity contribution in [2.24, 2.45) is 7.05 Å². The normalized spacial score (nSPS) is 17.0. The van der Waals surface area contributed by atoms with E-state index in [0.29, 0.717) is 12.6 Å². The fourth-order valence-corrected chi connectivity index (χ4v) is 3.02. The molecule has 112 valence electrons. The maximum atomic E-state index is 5.94. The van der Waals surface area contributed by atoms with Crippen molar-refractivity contribution in [2.45, 2.75) is 38.8 Å². The highest BCUT2D eigenvalue weighted by molar-refractivity contribution is 5.40. The lowest BCUT2D eigenvalue weighted by Gasteiger charge is -2.11. The van der Waals surface area contributed by atoms with Gasteiger partial charge in [-0.2, -0.15) is 5.10 Å². The Morgan fingerprint density at radius 3 is 2.95 bits per heavy atom. The van der Waals surface area contributed by atoms with E-state index in [1.165, 1.54) is 17.5 Å². The smallest absolute Gasteiger partial charge is 0.130 e. The molecular formula is C17H23N3O. The molecule has 0 amide bonds. The summed E-state index contributed by atoms with van der Waals surface area (Å²) >= 11 is 0. The molecule has 3 rings (SSSR count). The molecule has 0 fully saturated rings. The fourth-order valence-electron chi connectivity index (χ4n) is 3.02. The van der Waals surface area contributed by atoms with Gasteiger partial charge in [-0.25, -0.2) is 0 Å². The largest absolute Gasteiger partial charge is 0.487 e. The lowest BCUT2D eigenvalue weighted by Crippen LogP contribution is -2.12. The molecule has 21 heavy (non-hydrogen) atoms. The molecule has 0 spiro atoms. The average molecular weight is 285 g/mol. The van der Waals surface area contributed by atoms with Gasteiger partial charge in [0.15, 0.2) is 0 Å². The molecule has 1 aliphatic rings. The number of nitrogens with one attached hydrogen (secondary N) is 1. The summed E-state index contributed by atoms with van der Waals surface area (Å²) in [5.74, 6) is 0.949. The number of hydrogen-bond donors (Lipinski definition) is 1. The second-order valence-corrected chi connectivity index (χ2v) is 5.63. The minimum atomic E-state index is 0.498. The minimum Gasteiger partial charge on any atom is -0.487 e. The van der Waals surface area contributed by atoms with Crippen LogP contribution in [0.4, 0.5) is 0 Å². The van der Waals surface area contributed by atoms with Gasteiger partial charge in [-0.3, -0.25) is 4.68 Å². The molecule has 1 aromatic heterocycles. The zero-order chi connectivity index (χ0) is 14.8. The molecule has 1 heterocycles. The number of aryl methyl sites for hydroxylation is 3. The van der Waals surface area contributed by atoms with Crippen molar-refractivity contribution in [1.29, 1.82) is 0 Å². The molecule has 4 nitrogen and oxygen atoms in total. The molecule has 2 aromatic rings. The third-order valence-electron chi connectivity index (χ3n) is 4.32. The lowest BCUT2D eigenvalue weighted by molar-refractivity contribution is 0.294. The lowest BCUT2D eigenvalue weighted by atomic mass is 10.1. The number of aromatic nitrogens is 2. The van der Waals surface area contributed by atoms with Gasteiger partial charge in [-0.1, -0.05) is 13.0 Å². The first kappa shape index (κ1) is 14.1. The molecule has 0 aliphatic heterocycles. The topological polar surface area (TPSA) is 39.1 Å². The van der Waals surface area contributed by atoms with E-state index >= 15 is 0 Å².